The normalized spacial score (nSPS) is 11.8. The monoisotopic (exact) mass is 417 g/mol. The van der Waals surface area contributed by atoms with Crippen LogP contribution in [0, 0.1) is 0 Å². The van der Waals surface area contributed by atoms with Crippen LogP contribution in [0.1, 0.15) is 19.8 Å². The molecular weight excluding hydrogens is 394 g/mol. The Hall–Kier alpha value is -2.91. The molecule has 1 aromatic heterocycles. The molecule has 0 unspecified atom stereocenters. The van der Waals surface area contributed by atoms with Crippen LogP contribution in [-0.4, -0.2) is 36.8 Å². The number of rotatable bonds is 8. The van der Waals surface area contributed by atoms with Gasteiger partial charge in [0.25, 0.3) is 0 Å². The van der Waals surface area contributed by atoms with Crippen molar-refractivity contribution >= 4 is 32.7 Å². The van der Waals surface area contributed by atoms with E-state index in [1.165, 1.54) is 33.1 Å². The third-order valence-electron chi connectivity index (χ3n) is 4.55. The maximum atomic E-state index is 12.5. The molecule has 2 aromatic carbocycles. The standard InChI is InChI=1S/C20H23N3O5S/c1-3-4-13-22(2)29(26,27)16-11-9-15(10-12-16)21-19(24)14-23-17-7-5-6-8-18(17)28-20(23)25/h5-12H,3-4,13-14H2,1-2H3,(H,21,24). The van der Waals surface area contributed by atoms with E-state index >= 15 is 0 Å². The minimum atomic E-state index is -3.56. The number of aromatic nitrogens is 1. The van der Waals surface area contributed by atoms with Crippen molar-refractivity contribution in [2.24, 2.45) is 0 Å². The third kappa shape index (κ3) is 4.57. The first-order chi connectivity index (χ1) is 13.8. The van der Waals surface area contributed by atoms with E-state index in [2.05, 4.69) is 5.32 Å². The number of nitrogens with zero attached hydrogens (tertiary/aromatic N) is 2. The summed E-state index contributed by atoms with van der Waals surface area (Å²) in [5, 5.41) is 2.67. The minimum Gasteiger partial charge on any atom is -0.408 e. The molecule has 0 fully saturated rings. The molecule has 154 valence electrons. The number of anilines is 1. The van der Waals surface area contributed by atoms with Crippen LogP contribution in [0.3, 0.4) is 0 Å². The molecule has 1 heterocycles. The summed E-state index contributed by atoms with van der Waals surface area (Å²) >= 11 is 0. The van der Waals surface area contributed by atoms with Crippen LogP contribution in [0.2, 0.25) is 0 Å². The Morgan fingerprint density at radius 1 is 1.14 bits per heavy atom. The molecule has 0 saturated carbocycles. The Kier molecular flexibility index (Phi) is 6.19. The predicted molar refractivity (Wildman–Crippen MR) is 110 cm³/mol. The maximum absolute atomic E-state index is 12.5. The second-order valence-electron chi connectivity index (χ2n) is 6.67. The van der Waals surface area contributed by atoms with Gasteiger partial charge in [-0.3, -0.25) is 9.36 Å². The van der Waals surface area contributed by atoms with Gasteiger partial charge >= 0.3 is 5.76 Å². The molecule has 0 aliphatic heterocycles. The van der Waals surface area contributed by atoms with Crippen LogP contribution in [-0.2, 0) is 21.4 Å². The highest BCUT2D eigenvalue weighted by Gasteiger charge is 2.20. The lowest BCUT2D eigenvalue weighted by molar-refractivity contribution is -0.116. The van der Waals surface area contributed by atoms with Gasteiger partial charge in [-0.1, -0.05) is 25.5 Å². The fourth-order valence-electron chi connectivity index (χ4n) is 2.90. The van der Waals surface area contributed by atoms with Gasteiger partial charge in [0.1, 0.15) is 6.54 Å². The average Bonchev–Trinajstić information content (AvgIpc) is 3.01. The third-order valence-corrected chi connectivity index (χ3v) is 6.42. The van der Waals surface area contributed by atoms with Gasteiger partial charge in [-0.05, 0) is 42.8 Å². The summed E-state index contributed by atoms with van der Waals surface area (Å²) in [4.78, 5) is 24.5. The fraction of sp³-hybridized carbons (Fsp3) is 0.300. The molecule has 0 radical (unpaired) electrons. The summed E-state index contributed by atoms with van der Waals surface area (Å²) in [7, 11) is -2.02. The van der Waals surface area contributed by atoms with Gasteiger partial charge in [0.2, 0.25) is 15.9 Å². The van der Waals surface area contributed by atoms with Crippen molar-refractivity contribution in [1.29, 1.82) is 0 Å². The quantitative estimate of drug-likeness (QED) is 0.607. The highest BCUT2D eigenvalue weighted by molar-refractivity contribution is 7.89. The number of hydrogen-bond donors (Lipinski definition) is 1. The molecule has 3 aromatic rings. The molecule has 9 heteroatoms. The molecule has 0 bridgehead atoms. The molecule has 3 rings (SSSR count). The zero-order chi connectivity index (χ0) is 21.0. The molecule has 0 aliphatic rings. The van der Waals surface area contributed by atoms with Crippen molar-refractivity contribution < 1.29 is 17.6 Å². The Morgan fingerprint density at radius 3 is 2.52 bits per heavy atom. The number of oxazole rings is 1. The van der Waals surface area contributed by atoms with E-state index in [-0.39, 0.29) is 11.4 Å². The van der Waals surface area contributed by atoms with Crippen molar-refractivity contribution in [3.05, 3.63) is 59.1 Å². The summed E-state index contributed by atoms with van der Waals surface area (Å²) in [6.45, 7) is 2.23. The summed E-state index contributed by atoms with van der Waals surface area (Å²) in [6.07, 6.45) is 1.69. The summed E-state index contributed by atoms with van der Waals surface area (Å²) in [5.74, 6) is -1.03. The lowest BCUT2D eigenvalue weighted by Crippen LogP contribution is -2.28. The van der Waals surface area contributed by atoms with E-state index in [0.717, 1.165) is 12.8 Å². The van der Waals surface area contributed by atoms with Gasteiger partial charge in [-0.15, -0.1) is 0 Å². The van der Waals surface area contributed by atoms with Crippen LogP contribution in [0.4, 0.5) is 5.69 Å². The van der Waals surface area contributed by atoms with Crippen molar-refractivity contribution in [3.8, 4) is 0 Å². The molecule has 29 heavy (non-hydrogen) atoms. The topological polar surface area (TPSA) is 102 Å². The first kappa shape index (κ1) is 20.8. The average molecular weight is 417 g/mol. The van der Waals surface area contributed by atoms with Crippen LogP contribution in [0.5, 0.6) is 0 Å². The number of carbonyl (C=O) groups excluding carboxylic acids is 1. The van der Waals surface area contributed by atoms with Gasteiger partial charge in [-0.2, -0.15) is 0 Å². The molecule has 0 saturated heterocycles. The smallest absolute Gasteiger partial charge is 0.408 e. The Labute approximate surface area is 168 Å². The predicted octanol–water partition coefficient (Wildman–Crippen LogP) is 2.65. The number of para-hydroxylation sites is 2. The van der Waals surface area contributed by atoms with Crippen LogP contribution in [0.15, 0.2) is 62.6 Å². The minimum absolute atomic E-state index is 0.158. The van der Waals surface area contributed by atoms with E-state index in [1.807, 2.05) is 6.92 Å². The summed E-state index contributed by atoms with van der Waals surface area (Å²) in [6, 6.07) is 12.8. The number of carbonyl (C=O) groups is 1. The number of benzene rings is 2. The zero-order valence-electron chi connectivity index (χ0n) is 16.3. The number of sulfonamides is 1. The van der Waals surface area contributed by atoms with Crippen molar-refractivity contribution in [1.82, 2.24) is 8.87 Å². The van der Waals surface area contributed by atoms with Crippen LogP contribution >= 0.6 is 0 Å². The lowest BCUT2D eigenvalue weighted by Gasteiger charge is -2.17. The second kappa shape index (κ2) is 8.62. The molecule has 1 N–H and O–H groups in total. The number of nitrogens with one attached hydrogen (secondary N) is 1. The lowest BCUT2D eigenvalue weighted by atomic mass is 10.3. The van der Waals surface area contributed by atoms with Gasteiger partial charge < -0.3 is 9.73 Å². The molecule has 8 nitrogen and oxygen atoms in total. The zero-order valence-corrected chi connectivity index (χ0v) is 17.1. The Bertz CT molecular complexity index is 1160. The fourth-order valence-corrected chi connectivity index (χ4v) is 4.11. The van der Waals surface area contributed by atoms with E-state index < -0.39 is 21.7 Å². The Morgan fingerprint density at radius 2 is 1.83 bits per heavy atom. The SMILES string of the molecule is CCCCN(C)S(=O)(=O)c1ccc(NC(=O)Cn2c(=O)oc3ccccc32)cc1. The number of unbranched alkanes of at least 4 members (excludes halogenated alkanes) is 1. The summed E-state index contributed by atoms with van der Waals surface area (Å²) in [5.41, 5.74) is 1.38. The van der Waals surface area contributed by atoms with Crippen molar-refractivity contribution in [2.75, 3.05) is 18.9 Å². The first-order valence-corrected chi connectivity index (χ1v) is 10.7. The summed E-state index contributed by atoms with van der Waals surface area (Å²) < 4.78 is 32.7. The highest BCUT2D eigenvalue weighted by atomic mass is 32.2. The van der Waals surface area contributed by atoms with Crippen LogP contribution < -0.4 is 11.1 Å². The number of fused-ring (bicyclic) bond motifs is 1. The van der Waals surface area contributed by atoms with Gasteiger partial charge in [0.05, 0.1) is 10.4 Å². The van der Waals surface area contributed by atoms with E-state index in [4.69, 9.17) is 4.42 Å². The molecular formula is C20H23N3O5S. The molecule has 1 amide bonds. The Balaban J connectivity index is 1.70. The maximum Gasteiger partial charge on any atom is 0.420 e. The van der Waals surface area contributed by atoms with E-state index in [9.17, 15) is 18.0 Å². The molecule has 0 aliphatic carbocycles. The van der Waals surface area contributed by atoms with Gasteiger partial charge in [-0.25, -0.2) is 17.5 Å². The van der Waals surface area contributed by atoms with Gasteiger partial charge in [0, 0.05) is 19.3 Å². The van der Waals surface area contributed by atoms with E-state index in [1.54, 1.807) is 31.3 Å². The molecule has 0 atom stereocenters. The highest BCUT2D eigenvalue weighted by Crippen LogP contribution is 2.18. The number of hydrogen-bond acceptors (Lipinski definition) is 5. The molecule has 0 spiro atoms. The number of amides is 1. The van der Waals surface area contributed by atoms with Crippen molar-refractivity contribution in [2.45, 2.75) is 31.2 Å². The van der Waals surface area contributed by atoms with E-state index in [0.29, 0.717) is 23.3 Å². The first-order valence-electron chi connectivity index (χ1n) is 9.27. The van der Waals surface area contributed by atoms with Crippen molar-refractivity contribution in [3.63, 3.8) is 0 Å². The van der Waals surface area contributed by atoms with Crippen LogP contribution in [0.25, 0.3) is 11.1 Å². The van der Waals surface area contributed by atoms with Gasteiger partial charge in [0.15, 0.2) is 5.58 Å². The second-order valence-corrected chi connectivity index (χ2v) is 8.72. The largest absolute Gasteiger partial charge is 0.420 e.